The maximum atomic E-state index is 5.51. The van der Waals surface area contributed by atoms with Gasteiger partial charge in [0.1, 0.15) is 0 Å². The lowest BCUT2D eigenvalue weighted by Gasteiger charge is -2.35. The van der Waals surface area contributed by atoms with E-state index in [-0.39, 0.29) is 11.6 Å². The molecule has 0 bridgehead atoms. The van der Waals surface area contributed by atoms with E-state index in [4.69, 9.17) is 17.0 Å². The molecule has 0 saturated carbocycles. The van der Waals surface area contributed by atoms with E-state index in [1.807, 2.05) is 0 Å². The van der Waals surface area contributed by atoms with Crippen molar-refractivity contribution in [2.75, 3.05) is 7.11 Å². The summed E-state index contributed by atoms with van der Waals surface area (Å²) in [6.07, 6.45) is 8.84. The van der Waals surface area contributed by atoms with Crippen LogP contribution in [0.2, 0.25) is 0 Å². The Labute approximate surface area is 87.4 Å². The molecule has 2 unspecified atom stereocenters. The molecule has 0 saturated heterocycles. The lowest BCUT2D eigenvalue weighted by Crippen LogP contribution is -2.52. The van der Waals surface area contributed by atoms with Gasteiger partial charge in [-0.3, -0.25) is 11.3 Å². The number of rotatable bonds is 7. The molecule has 3 N–H and O–H groups in total. The third-order valence-electron chi connectivity index (χ3n) is 2.92. The van der Waals surface area contributed by atoms with Crippen LogP contribution in [0.3, 0.4) is 0 Å². The third kappa shape index (κ3) is 3.67. The zero-order valence-electron chi connectivity index (χ0n) is 9.47. The predicted octanol–water partition coefficient (Wildman–Crippen LogP) is 1.44. The maximum Gasteiger partial charge on any atom is 0.0813 e. The minimum absolute atomic E-state index is 0.158. The first kappa shape index (κ1) is 13.4. The van der Waals surface area contributed by atoms with Gasteiger partial charge >= 0.3 is 0 Å². The van der Waals surface area contributed by atoms with E-state index in [9.17, 15) is 0 Å². The fourth-order valence-electron chi connectivity index (χ4n) is 1.51. The normalized spacial score (nSPS) is 17.1. The second kappa shape index (κ2) is 6.83. The lowest BCUT2D eigenvalue weighted by atomic mass is 9.90. The van der Waals surface area contributed by atoms with Crippen LogP contribution in [0.5, 0.6) is 0 Å². The Morgan fingerprint density at radius 3 is 2.64 bits per heavy atom. The van der Waals surface area contributed by atoms with Gasteiger partial charge in [-0.25, -0.2) is 0 Å². The molecule has 0 amide bonds. The van der Waals surface area contributed by atoms with E-state index in [0.717, 1.165) is 25.7 Å². The van der Waals surface area contributed by atoms with Crippen LogP contribution in [0.4, 0.5) is 0 Å². The molecule has 0 fully saturated rings. The standard InChI is InChI=1S/C11H22N2O/c1-5-7-8-9-10(13-12)11(3,6-2)14-4/h1,10,13H,6-9,12H2,2-4H3. The zero-order chi connectivity index (χ0) is 11.0. The smallest absolute Gasteiger partial charge is 0.0813 e. The SMILES string of the molecule is C#CCCCC(NN)C(C)(CC)OC. The number of ether oxygens (including phenoxy) is 1. The number of nitrogens with two attached hydrogens (primary N) is 1. The summed E-state index contributed by atoms with van der Waals surface area (Å²) in [5, 5.41) is 0. The van der Waals surface area contributed by atoms with Crippen LogP contribution >= 0.6 is 0 Å². The van der Waals surface area contributed by atoms with E-state index in [0.29, 0.717) is 0 Å². The quantitative estimate of drug-likeness (QED) is 0.282. The fraction of sp³-hybridized carbons (Fsp3) is 0.818. The molecule has 2 atom stereocenters. The highest BCUT2D eigenvalue weighted by Crippen LogP contribution is 2.22. The summed E-state index contributed by atoms with van der Waals surface area (Å²) in [6.45, 7) is 4.16. The minimum atomic E-state index is -0.205. The number of nitrogens with one attached hydrogen (secondary N) is 1. The summed E-state index contributed by atoms with van der Waals surface area (Å²) >= 11 is 0. The molecular weight excluding hydrogens is 176 g/mol. The van der Waals surface area contributed by atoms with Crippen LogP contribution in [0.15, 0.2) is 0 Å². The highest BCUT2D eigenvalue weighted by atomic mass is 16.5. The highest BCUT2D eigenvalue weighted by Gasteiger charge is 2.31. The van der Waals surface area contributed by atoms with Crippen molar-refractivity contribution in [1.29, 1.82) is 0 Å². The molecule has 0 aromatic rings. The van der Waals surface area contributed by atoms with Gasteiger partial charge in [0.15, 0.2) is 0 Å². The number of unbranched alkanes of at least 4 members (excludes halogenated alkanes) is 1. The molecule has 0 spiro atoms. The molecular formula is C11H22N2O. The van der Waals surface area contributed by atoms with Crippen LogP contribution in [-0.2, 0) is 4.74 Å². The van der Waals surface area contributed by atoms with Crippen molar-refractivity contribution in [1.82, 2.24) is 5.43 Å². The van der Waals surface area contributed by atoms with Crippen molar-refractivity contribution in [2.24, 2.45) is 5.84 Å². The molecule has 0 aliphatic carbocycles. The van der Waals surface area contributed by atoms with Crippen molar-refractivity contribution >= 4 is 0 Å². The first-order valence-corrected chi connectivity index (χ1v) is 5.09. The number of hydrazine groups is 1. The summed E-state index contributed by atoms with van der Waals surface area (Å²) < 4.78 is 5.48. The summed E-state index contributed by atoms with van der Waals surface area (Å²) in [5.74, 6) is 8.14. The lowest BCUT2D eigenvalue weighted by molar-refractivity contribution is -0.0314. The van der Waals surface area contributed by atoms with Crippen molar-refractivity contribution in [2.45, 2.75) is 51.2 Å². The summed E-state index contributed by atoms with van der Waals surface area (Å²) in [4.78, 5) is 0. The van der Waals surface area contributed by atoms with Crippen molar-refractivity contribution < 1.29 is 4.74 Å². The predicted molar refractivity (Wildman–Crippen MR) is 59.5 cm³/mol. The molecule has 0 rings (SSSR count). The van der Waals surface area contributed by atoms with Crippen LogP contribution < -0.4 is 11.3 Å². The first-order valence-electron chi connectivity index (χ1n) is 5.09. The number of methoxy groups -OCH3 is 1. The van der Waals surface area contributed by atoms with Gasteiger partial charge in [0.2, 0.25) is 0 Å². The monoisotopic (exact) mass is 198 g/mol. The molecule has 0 aliphatic heterocycles. The molecule has 0 radical (unpaired) electrons. The number of hydrogen-bond acceptors (Lipinski definition) is 3. The minimum Gasteiger partial charge on any atom is -0.377 e. The van der Waals surface area contributed by atoms with Crippen LogP contribution in [0.1, 0.15) is 39.5 Å². The average Bonchev–Trinajstić information content (AvgIpc) is 2.23. The van der Waals surface area contributed by atoms with Gasteiger partial charge in [-0.05, 0) is 26.2 Å². The van der Waals surface area contributed by atoms with Gasteiger partial charge < -0.3 is 4.74 Å². The first-order chi connectivity index (χ1) is 6.64. The van der Waals surface area contributed by atoms with Gasteiger partial charge in [-0.15, -0.1) is 12.3 Å². The Morgan fingerprint density at radius 2 is 2.29 bits per heavy atom. The van der Waals surface area contributed by atoms with Crippen LogP contribution in [-0.4, -0.2) is 18.8 Å². The molecule has 3 heteroatoms. The fourth-order valence-corrected chi connectivity index (χ4v) is 1.51. The number of hydrogen-bond donors (Lipinski definition) is 2. The Kier molecular flexibility index (Phi) is 6.56. The molecule has 0 aromatic heterocycles. The van der Waals surface area contributed by atoms with Gasteiger partial charge in [-0.2, -0.15) is 0 Å². The molecule has 82 valence electrons. The van der Waals surface area contributed by atoms with Crippen molar-refractivity contribution in [3.8, 4) is 12.3 Å². The molecule has 3 nitrogen and oxygen atoms in total. The van der Waals surface area contributed by atoms with E-state index >= 15 is 0 Å². The summed E-state index contributed by atoms with van der Waals surface area (Å²) in [7, 11) is 1.72. The van der Waals surface area contributed by atoms with E-state index in [1.165, 1.54) is 0 Å². The second-order valence-corrected chi connectivity index (χ2v) is 3.69. The van der Waals surface area contributed by atoms with Crippen LogP contribution in [0.25, 0.3) is 0 Å². The second-order valence-electron chi connectivity index (χ2n) is 3.69. The summed E-state index contributed by atoms with van der Waals surface area (Å²) in [6, 6.07) is 0.158. The highest BCUT2D eigenvalue weighted by molar-refractivity contribution is 4.89. The molecule has 0 aliphatic rings. The molecule has 0 aromatic carbocycles. The number of terminal acetylenes is 1. The van der Waals surface area contributed by atoms with E-state index < -0.39 is 0 Å². The van der Waals surface area contributed by atoms with Crippen molar-refractivity contribution in [3.63, 3.8) is 0 Å². The Balaban J connectivity index is 4.17. The van der Waals surface area contributed by atoms with Gasteiger partial charge in [0.05, 0.1) is 5.60 Å². The van der Waals surface area contributed by atoms with Gasteiger partial charge in [0.25, 0.3) is 0 Å². The Hall–Kier alpha value is -0.560. The molecule has 14 heavy (non-hydrogen) atoms. The summed E-state index contributed by atoms with van der Waals surface area (Å²) in [5.41, 5.74) is 2.60. The van der Waals surface area contributed by atoms with E-state index in [1.54, 1.807) is 7.11 Å². The van der Waals surface area contributed by atoms with Gasteiger partial charge in [-0.1, -0.05) is 6.92 Å². The largest absolute Gasteiger partial charge is 0.377 e. The zero-order valence-corrected chi connectivity index (χ0v) is 9.47. The Morgan fingerprint density at radius 1 is 1.64 bits per heavy atom. The van der Waals surface area contributed by atoms with Crippen molar-refractivity contribution in [3.05, 3.63) is 0 Å². The Bertz CT molecular complexity index is 182. The average molecular weight is 198 g/mol. The maximum absolute atomic E-state index is 5.51. The van der Waals surface area contributed by atoms with Gasteiger partial charge in [0, 0.05) is 19.6 Å². The van der Waals surface area contributed by atoms with Crippen LogP contribution in [0, 0.1) is 12.3 Å². The topological polar surface area (TPSA) is 47.3 Å². The molecule has 0 heterocycles. The van der Waals surface area contributed by atoms with E-state index in [2.05, 4.69) is 25.2 Å². The third-order valence-corrected chi connectivity index (χ3v) is 2.92.